The van der Waals surface area contributed by atoms with E-state index in [1.54, 1.807) is 11.4 Å². The van der Waals surface area contributed by atoms with Gasteiger partial charge in [0.15, 0.2) is 0 Å². The van der Waals surface area contributed by atoms with E-state index >= 15 is 0 Å². The van der Waals surface area contributed by atoms with Gasteiger partial charge in [0.2, 0.25) is 10.0 Å². The standard InChI is InChI=1S/C18H26N2O3S/c1-3-4-11-24(21,22)20-9-7-14(8-10-20)17-13-19-18-6-5-15(23-2)12-16(17)18/h5-6,12-14,19H,3-4,7-11H2,1-2H3. The van der Waals surface area contributed by atoms with Gasteiger partial charge in [0, 0.05) is 30.2 Å². The minimum Gasteiger partial charge on any atom is -0.497 e. The van der Waals surface area contributed by atoms with Crippen LogP contribution >= 0.6 is 0 Å². The van der Waals surface area contributed by atoms with Crippen LogP contribution in [0.5, 0.6) is 5.75 Å². The fraction of sp³-hybridized carbons (Fsp3) is 0.556. The van der Waals surface area contributed by atoms with Crippen molar-refractivity contribution in [3.63, 3.8) is 0 Å². The summed E-state index contributed by atoms with van der Waals surface area (Å²) in [5.74, 6) is 1.52. The molecule has 1 aromatic carbocycles. The second kappa shape index (κ2) is 7.15. The Balaban J connectivity index is 1.73. The Morgan fingerprint density at radius 2 is 2.04 bits per heavy atom. The molecule has 2 heterocycles. The van der Waals surface area contributed by atoms with E-state index in [1.165, 1.54) is 10.9 Å². The first kappa shape index (κ1) is 17.3. The van der Waals surface area contributed by atoms with Crippen molar-refractivity contribution in [3.8, 4) is 5.75 Å². The number of fused-ring (bicyclic) bond motifs is 1. The molecule has 3 rings (SSSR count). The topological polar surface area (TPSA) is 62.4 Å². The molecular weight excluding hydrogens is 324 g/mol. The Kier molecular flexibility index (Phi) is 5.15. The summed E-state index contributed by atoms with van der Waals surface area (Å²) in [4.78, 5) is 3.32. The number of unbranched alkanes of at least 4 members (excludes halogenated alkanes) is 1. The maximum atomic E-state index is 12.3. The summed E-state index contributed by atoms with van der Waals surface area (Å²) in [5.41, 5.74) is 2.37. The molecule has 1 aromatic heterocycles. The van der Waals surface area contributed by atoms with Crippen molar-refractivity contribution in [2.24, 2.45) is 0 Å². The van der Waals surface area contributed by atoms with Crippen molar-refractivity contribution in [2.75, 3.05) is 26.0 Å². The molecule has 0 saturated carbocycles. The van der Waals surface area contributed by atoms with Crippen LogP contribution in [-0.2, 0) is 10.0 Å². The number of hydrogen-bond acceptors (Lipinski definition) is 3. The van der Waals surface area contributed by atoms with Gasteiger partial charge in [-0.05, 0) is 48.9 Å². The van der Waals surface area contributed by atoms with Gasteiger partial charge in [-0.25, -0.2) is 12.7 Å². The molecule has 0 unspecified atom stereocenters. The monoisotopic (exact) mass is 350 g/mol. The summed E-state index contributed by atoms with van der Waals surface area (Å²) >= 11 is 0. The predicted octanol–water partition coefficient (Wildman–Crippen LogP) is 3.49. The van der Waals surface area contributed by atoms with Gasteiger partial charge in [-0.3, -0.25) is 0 Å². The van der Waals surface area contributed by atoms with Crippen LogP contribution in [0, 0.1) is 0 Å². The Labute approximate surface area is 144 Å². The zero-order chi connectivity index (χ0) is 17.2. The Bertz CT molecular complexity index is 790. The largest absolute Gasteiger partial charge is 0.497 e. The summed E-state index contributed by atoms with van der Waals surface area (Å²) in [6, 6.07) is 6.04. The highest BCUT2D eigenvalue weighted by atomic mass is 32.2. The minimum atomic E-state index is -3.09. The van der Waals surface area contributed by atoms with Crippen LogP contribution in [0.1, 0.15) is 44.1 Å². The van der Waals surface area contributed by atoms with Gasteiger partial charge in [0.1, 0.15) is 5.75 Å². The van der Waals surface area contributed by atoms with E-state index in [9.17, 15) is 8.42 Å². The summed E-state index contributed by atoms with van der Waals surface area (Å²) in [6.07, 6.45) is 5.46. The van der Waals surface area contributed by atoms with Gasteiger partial charge in [-0.1, -0.05) is 13.3 Å². The van der Waals surface area contributed by atoms with E-state index in [4.69, 9.17) is 4.74 Å². The van der Waals surface area contributed by atoms with E-state index in [0.29, 0.717) is 19.0 Å². The minimum absolute atomic E-state index is 0.276. The number of H-pyrrole nitrogens is 1. The van der Waals surface area contributed by atoms with Gasteiger partial charge in [-0.15, -0.1) is 0 Å². The first-order valence-electron chi connectivity index (χ1n) is 8.68. The molecule has 6 heteroatoms. The maximum Gasteiger partial charge on any atom is 0.214 e. The van der Waals surface area contributed by atoms with Crippen molar-refractivity contribution < 1.29 is 13.2 Å². The van der Waals surface area contributed by atoms with Crippen LogP contribution < -0.4 is 4.74 Å². The van der Waals surface area contributed by atoms with Crippen molar-refractivity contribution in [2.45, 2.75) is 38.5 Å². The number of benzene rings is 1. The van der Waals surface area contributed by atoms with Crippen LogP contribution in [0.25, 0.3) is 10.9 Å². The molecule has 132 valence electrons. The summed E-state index contributed by atoms with van der Waals surface area (Å²) in [6.45, 7) is 3.26. The smallest absolute Gasteiger partial charge is 0.214 e. The molecule has 1 saturated heterocycles. The molecule has 2 aromatic rings. The number of piperidine rings is 1. The number of nitrogens with one attached hydrogen (secondary N) is 1. The highest BCUT2D eigenvalue weighted by molar-refractivity contribution is 7.89. The quantitative estimate of drug-likeness (QED) is 0.867. The van der Waals surface area contributed by atoms with E-state index in [-0.39, 0.29) is 5.75 Å². The number of ether oxygens (including phenoxy) is 1. The number of hydrogen-bond donors (Lipinski definition) is 1. The zero-order valence-electron chi connectivity index (χ0n) is 14.4. The molecule has 5 nitrogen and oxygen atoms in total. The van der Waals surface area contributed by atoms with Gasteiger partial charge >= 0.3 is 0 Å². The summed E-state index contributed by atoms with van der Waals surface area (Å²) in [5, 5.41) is 1.18. The number of aromatic nitrogens is 1. The Hall–Kier alpha value is -1.53. The molecule has 0 amide bonds. The van der Waals surface area contributed by atoms with Crippen LogP contribution in [0.15, 0.2) is 24.4 Å². The SMILES string of the molecule is CCCCS(=O)(=O)N1CCC(c2c[nH]c3ccc(OC)cc23)CC1. The second-order valence-corrected chi connectivity index (χ2v) is 8.59. The number of aromatic amines is 1. The molecule has 1 aliphatic heterocycles. The molecule has 1 fully saturated rings. The maximum absolute atomic E-state index is 12.3. The molecule has 0 spiro atoms. The highest BCUT2D eigenvalue weighted by Crippen LogP contribution is 2.35. The van der Waals surface area contributed by atoms with Gasteiger partial charge in [0.05, 0.1) is 12.9 Å². The van der Waals surface area contributed by atoms with Crippen molar-refractivity contribution in [1.82, 2.24) is 9.29 Å². The van der Waals surface area contributed by atoms with Crippen LogP contribution in [-0.4, -0.2) is 43.7 Å². The van der Waals surface area contributed by atoms with E-state index < -0.39 is 10.0 Å². The molecule has 1 N–H and O–H groups in total. The zero-order valence-corrected chi connectivity index (χ0v) is 15.2. The van der Waals surface area contributed by atoms with Gasteiger partial charge in [0.25, 0.3) is 0 Å². The summed E-state index contributed by atoms with van der Waals surface area (Å²) < 4.78 is 31.7. The lowest BCUT2D eigenvalue weighted by molar-refractivity contribution is 0.320. The summed E-state index contributed by atoms with van der Waals surface area (Å²) in [7, 11) is -1.41. The average Bonchev–Trinajstić information content (AvgIpc) is 3.03. The van der Waals surface area contributed by atoms with Crippen LogP contribution in [0.2, 0.25) is 0 Å². The second-order valence-electron chi connectivity index (χ2n) is 6.50. The average molecular weight is 350 g/mol. The van der Waals surface area contributed by atoms with Crippen LogP contribution in [0.3, 0.4) is 0 Å². The van der Waals surface area contributed by atoms with E-state index in [2.05, 4.69) is 17.2 Å². The fourth-order valence-corrected chi connectivity index (χ4v) is 5.17. The molecule has 0 atom stereocenters. The molecule has 1 aliphatic rings. The number of sulfonamides is 1. The van der Waals surface area contributed by atoms with E-state index in [0.717, 1.165) is 36.9 Å². The molecule has 0 radical (unpaired) electrons. The van der Waals surface area contributed by atoms with E-state index in [1.807, 2.05) is 19.1 Å². The molecule has 0 aliphatic carbocycles. The first-order valence-corrected chi connectivity index (χ1v) is 10.3. The Morgan fingerprint density at radius 1 is 1.29 bits per heavy atom. The van der Waals surface area contributed by atoms with Gasteiger partial charge in [-0.2, -0.15) is 0 Å². The van der Waals surface area contributed by atoms with Crippen LogP contribution in [0.4, 0.5) is 0 Å². The predicted molar refractivity (Wildman–Crippen MR) is 97.1 cm³/mol. The number of methoxy groups -OCH3 is 1. The van der Waals surface area contributed by atoms with Crippen molar-refractivity contribution in [1.29, 1.82) is 0 Å². The third-order valence-corrected chi connectivity index (χ3v) is 6.92. The third kappa shape index (κ3) is 3.44. The normalized spacial score (nSPS) is 17.4. The van der Waals surface area contributed by atoms with Gasteiger partial charge < -0.3 is 9.72 Å². The van der Waals surface area contributed by atoms with Crippen molar-refractivity contribution in [3.05, 3.63) is 30.0 Å². The Morgan fingerprint density at radius 3 is 2.71 bits per heavy atom. The molecule has 24 heavy (non-hydrogen) atoms. The molecule has 0 bridgehead atoms. The lowest BCUT2D eigenvalue weighted by Gasteiger charge is -2.31. The lowest BCUT2D eigenvalue weighted by Crippen LogP contribution is -2.39. The molecular formula is C18H26N2O3S. The lowest BCUT2D eigenvalue weighted by atomic mass is 9.90. The third-order valence-electron chi connectivity index (χ3n) is 4.96. The first-order chi connectivity index (χ1) is 11.5. The van der Waals surface area contributed by atoms with Crippen molar-refractivity contribution >= 4 is 20.9 Å². The highest BCUT2D eigenvalue weighted by Gasteiger charge is 2.29. The fourth-order valence-electron chi connectivity index (χ4n) is 3.49. The number of nitrogens with zero attached hydrogens (tertiary/aromatic N) is 1. The number of rotatable bonds is 6.